The molecule has 0 spiro atoms. The Kier molecular flexibility index (Phi) is 5.35. The first-order valence-corrected chi connectivity index (χ1v) is 7.51. The molecule has 0 atom stereocenters. The van der Waals surface area contributed by atoms with Crippen molar-refractivity contribution in [3.63, 3.8) is 0 Å². The van der Waals surface area contributed by atoms with Gasteiger partial charge in [-0.25, -0.2) is 9.97 Å². The van der Waals surface area contributed by atoms with Gasteiger partial charge in [0.2, 0.25) is 0 Å². The van der Waals surface area contributed by atoms with Crippen molar-refractivity contribution in [2.24, 2.45) is 0 Å². The largest absolute Gasteiger partial charge is 0.349 e. The highest BCUT2D eigenvalue weighted by molar-refractivity contribution is 7.15. The molecule has 2 rings (SSSR count). The normalized spacial score (nSPS) is 10.8. The van der Waals surface area contributed by atoms with Crippen molar-refractivity contribution in [2.45, 2.75) is 26.9 Å². The second kappa shape index (κ2) is 7.25. The molecule has 0 saturated carbocycles. The van der Waals surface area contributed by atoms with E-state index >= 15 is 0 Å². The quantitative estimate of drug-likeness (QED) is 0.751. The zero-order valence-electron chi connectivity index (χ0n) is 11.5. The van der Waals surface area contributed by atoms with Crippen LogP contribution in [0.25, 0.3) is 0 Å². The number of aromatic nitrogens is 3. The van der Waals surface area contributed by atoms with Crippen molar-refractivity contribution >= 4 is 16.5 Å². The molecule has 2 heterocycles. The van der Waals surface area contributed by atoms with Crippen LogP contribution in [0.4, 0.5) is 5.13 Å². The Morgan fingerprint density at radius 2 is 2.21 bits per heavy atom. The summed E-state index contributed by atoms with van der Waals surface area (Å²) in [6, 6.07) is 0. The standard InChI is InChI=1S/C13H21N5S/c1-3-18(4-2)13-16-10-12(19-13)9-14-5-7-17-8-6-15-11-17/h6,8,10-11,14H,3-5,7,9H2,1-2H3. The van der Waals surface area contributed by atoms with Gasteiger partial charge in [-0.3, -0.25) is 0 Å². The number of rotatable bonds is 8. The SMILES string of the molecule is CCN(CC)c1ncc(CNCCn2ccnc2)s1. The van der Waals surface area contributed by atoms with Crippen LogP contribution in [0.3, 0.4) is 0 Å². The van der Waals surface area contributed by atoms with Gasteiger partial charge in [-0.1, -0.05) is 0 Å². The van der Waals surface area contributed by atoms with Crippen LogP contribution in [0.1, 0.15) is 18.7 Å². The zero-order chi connectivity index (χ0) is 13.5. The first-order valence-electron chi connectivity index (χ1n) is 6.69. The van der Waals surface area contributed by atoms with Crippen molar-refractivity contribution in [1.82, 2.24) is 19.9 Å². The molecule has 0 unspecified atom stereocenters. The van der Waals surface area contributed by atoms with E-state index in [0.717, 1.165) is 37.9 Å². The average Bonchev–Trinajstić information content (AvgIpc) is 3.08. The highest BCUT2D eigenvalue weighted by Gasteiger charge is 2.07. The van der Waals surface area contributed by atoms with Crippen molar-refractivity contribution < 1.29 is 0 Å². The van der Waals surface area contributed by atoms with Gasteiger partial charge in [-0.2, -0.15) is 0 Å². The maximum atomic E-state index is 4.48. The Labute approximate surface area is 118 Å². The molecule has 0 aromatic carbocycles. The third-order valence-corrected chi connectivity index (χ3v) is 4.04. The van der Waals surface area contributed by atoms with Crippen LogP contribution in [-0.2, 0) is 13.1 Å². The van der Waals surface area contributed by atoms with Gasteiger partial charge in [-0.05, 0) is 13.8 Å². The molecule has 0 fully saturated rings. The summed E-state index contributed by atoms with van der Waals surface area (Å²) in [7, 11) is 0. The fourth-order valence-corrected chi connectivity index (χ4v) is 2.86. The number of hydrogen-bond acceptors (Lipinski definition) is 5. The van der Waals surface area contributed by atoms with E-state index in [2.05, 4.69) is 38.6 Å². The number of imidazole rings is 1. The Morgan fingerprint density at radius 1 is 1.37 bits per heavy atom. The number of nitrogens with one attached hydrogen (secondary N) is 1. The summed E-state index contributed by atoms with van der Waals surface area (Å²) in [5, 5.41) is 4.55. The predicted octanol–water partition coefficient (Wildman–Crippen LogP) is 1.98. The molecular formula is C13H21N5S. The first kappa shape index (κ1) is 14.0. The van der Waals surface area contributed by atoms with Crippen molar-refractivity contribution in [1.29, 1.82) is 0 Å². The second-order valence-corrected chi connectivity index (χ2v) is 5.35. The highest BCUT2D eigenvalue weighted by Crippen LogP contribution is 2.21. The first-order chi connectivity index (χ1) is 9.33. The minimum atomic E-state index is 0.883. The highest BCUT2D eigenvalue weighted by atomic mass is 32.1. The second-order valence-electron chi connectivity index (χ2n) is 4.26. The molecule has 1 N–H and O–H groups in total. The molecule has 0 amide bonds. The lowest BCUT2D eigenvalue weighted by Gasteiger charge is -2.16. The maximum Gasteiger partial charge on any atom is 0.185 e. The molecule has 6 heteroatoms. The minimum Gasteiger partial charge on any atom is -0.349 e. The van der Waals surface area contributed by atoms with Gasteiger partial charge in [-0.15, -0.1) is 11.3 Å². The van der Waals surface area contributed by atoms with Gasteiger partial charge < -0.3 is 14.8 Å². The van der Waals surface area contributed by atoms with Crippen molar-refractivity contribution in [3.05, 3.63) is 29.8 Å². The summed E-state index contributed by atoms with van der Waals surface area (Å²) >= 11 is 1.77. The summed E-state index contributed by atoms with van der Waals surface area (Å²) in [5.74, 6) is 0. The van der Waals surface area contributed by atoms with Gasteiger partial charge in [0.25, 0.3) is 0 Å². The summed E-state index contributed by atoms with van der Waals surface area (Å²) in [6.45, 7) is 9.11. The van der Waals surface area contributed by atoms with Gasteiger partial charge in [0.05, 0.1) is 6.33 Å². The zero-order valence-corrected chi connectivity index (χ0v) is 12.4. The van der Waals surface area contributed by atoms with Crippen LogP contribution in [0.5, 0.6) is 0 Å². The fraction of sp³-hybridized carbons (Fsp3) is 0.538. The van der Waals surface area contributed by atoms with Crippen molar-refractivity contribution in [3.8, 4) is 0 Å². The summed E-state index contributed by atoms with van der Waals surface area (Å²) in [4.78, 5) is 12.1. The van der Waals surface area contributed by atoms with E-state index in [4.69, 9.17) is 0 Å². The predicted molar refractivity (Wildman–Crippen MR) is 79.6 cm³/mol. The van der Waals surface area contributed by atoms with E-state index in [1.54, 1.807) is 17.5 Å². The molecule has 2 aromatic heterocycles. The van der Waals surface area contributed by atoms with E-state index in [-0.39, 0.29) is 0 Å². The number of hydrogen-bond donors (Lipinski definition) is 1. The third kappa shape index (κ3) is 4.04. The molecule has 0 aliphatic rings. The smallest absolute Gasteiger partial charge is 0.185 e. The Hall–Kier alpha value is -1.40. The number of nitrogens with zero attached hydrogens (tertiary/aromatic N) is 4. The van der Waals surface area contributed by atoms with Crippen molar-refractivity contribution in [2.75, 3.05) is 24.5 Å². The van der Waals surface area contributed by atoms with Gasteiger partial charge in [0.15, 0.2) is 5.13 Å². The van der Waals surface area contributed by atoms with Crippen LogP contribution in [-0.4, -0.2) is 34.2 Å². The summed E-state index contributed by atoms with van der Waals surface area (Å²) in [5.41, 5.74) is 0. The topological polar surface area (TPSA) is 46.0 Å². The molecule has 0 aliphatic carbocycles. The number of thiazole rings is 1. The van der Waals surface area contributed by atoms with Gasteiger partial charge in [0, 0.05) is 56.2 Å². The van der Waals surface area contributed by atoms with E-state index in [0.29, 0.717) is 0 Å². The average molecular weight is 279 g/mol. The summed E-state index contributed by atoms with van der Waals surface area (Å²) in [6.07, 6.45) is 7.60. The maximum absolute atomic E-state index is 4.48. The molecule has 104 valence electrons. The van der Waals surface area contributed by atoms with E-state index in [1.165, 1.54) is 4.88 Å². The minimum absolute atomic E-state index is 0.883. The van der Waals surface area contributed by atoms with E-state index in [1.807, 2.05) is 18.7 Å². The van der Waals surface area contributed by atoms with Crippen LogP contribution < -0.4 is 10.2 Å². The van der Waals surface area contributed by atoms with Gasteiger partial charge >= 0.3 is 0 Å². The molecule has 0 bridgehead atoms. The molecule has 0 radical (unpaired) electrons. The van der Waals surface area contributed by atoms with Gasteiger partial charge in [0.1, 0.15) is 0 Å². The van der Waals surface area contributed by atoms with Crippen LogP contribution in [0.15, 0.2) is 24.9 Å². The molecule has 0 aliphatic heterocycles. The Balaban J connectivity index is 1.74. The van der Waals surface area contributed by atoms with Crippen LogP contribution in [0.2, 0.25) is 0 Å². The number of anilines is 1. The third-order valence-electron chi connectivity index (χ3n) is 2.98. The molecule has 5 nitrogen and oxygen atoms in total. The van der Waals surface area contributed by atoms with E-state index in [9.17, 15) is 0 Å². The summed E-state index contributed by atoms with van der Waals surface area (Å²) < 4.78 is 2.07. The molecular weight excluding hydrogens is 258 g/mol. The lowest BCUT2D eigenvalue weighted by atomic mass is 10.5. The van der Waals surface area contributed by atoms with Crippen LogP contribution in [0, 0.1) is 0 Å². The van der Waals surface area contributed by atoms with Crippen LogP contribution >= 0.6 is 11.3 Å². The Morgan fingerprint density at radius 3 is 2.89 bits per heavy atom. The van der Waals surface area contributed by atoms with E-state index < -0.39 is 0 Å². The Bertz CT molecular complexity index is 461. The molecule has 0 saturated heterocycles. The molecule has 2 aromatic rings. The monoisotopic (exact) mass is 279 g/mol. The molecule has 19 heavy (non-hydrogen) atoms. The lowest BCUT2D eigenvalue weighted by Crippen LogP contribution is -2.21. The lowest BCUT2D eigenvalue weighted by molar-refractivity contribution is 0.600. The fourth-order valence-electron chi connectivity index (χ4n) is 1.86.